The number of aliphatic hydroxyl groups excluding tert-OH is 4. The normalized spacial score (nSPS) is 26.9. The molecule has 9 heteroatoms. The second-order valence-electron chi connectivity index (χ2n) is 6.70. The molecule has 1 aliphatic heterocycles. The van der Waals surface area contributed by atoms with E-state index in [1.54, 1.807) is 18.6 Å². The monoisotopic (exact) mass is 424 g/mol. The van der Waals surface area contributed by atoms with Crippen LogP contribution in [-0.2, 0) is 11.2 Å². The van der Waals surface area contributed by atoms with Gasteiger partial charge in [0.25, 0.3) is 0 Å². The smallest absolute Gasteiger partial charge is 0.229 e. The molecule has 1 fully saturated rings. The molecule has 0 bridgehead atoms. The number of hydrogen-bond acceptors (Lipinski definition) is 9. The quantitative estimate of drug-likeness (QED) is 0.458. The van der Waals surface area contributed by atoms with Crippen LogP contribution in [0.3, 0.4) is 0 Å². The van der Waals surface area contributed by atoms with Crippen LogP contribution < -0.4 is 9.47 Å². The summed E-state index contributed by atoms with van der Waals surface area (Å²) in [5, 5.41) is 40.8. The average molecular weight is 424 g/mol. The molecule has 0 spiro atoms. The fraction of sp³-hybridized carbons (Fsp3) is 0.450. The molecule has 0 amide bonds. The van der Waals surface area contributed by atoms with Gasteiger partial charge in [0, 0.05) is 6.42 Å². The molecular weight excluding hydrogens is 400 g/mol. The standard InChI is InChI=1S/C20H24O8S/c1-26-12-5-2-11(3-6-12)4-7-13(22)19-14(8-9-29-19)27-20-18(25)17(24)16(23)15(10-21)28-20/h2-3,5-6,8-9,15-18,20-21,23-25H,4,7,10H2,1H3. The van der Waals surface area contributed by atoms with Crippen molar-refractivity contribution in [2.24, 2.45) is 0 Å². The van der Waals surface area contributed by atoms with Crippen molar-refractivity contribution in [2.75, 3.05) is 13.7 Å². The molecule has 1 saturated heterocycles. The van der Waals surface area contributed by atoms with Crippen LogP contribution in [0.15, 0.2) is 35.7 Å². The summed E-state index contributed by atoms with van der Waals surface area (Å²) in [6.07, 6.45) is -6.14. The van der Waals surface area contributed by atoms with E-state index in [0.29, 0.717) is 11.3 Å². The third-order valence-electron chi connectivity index (χ3n) is 4.77. The number of ketones is 1. The second-order valence-corrected chi connectivity index (χ2v) is 7.62. The van der Waals surface area contributed by atoms with Crippen LogP contribution in [0, 0.1) is 0 Å². The lowest BCUT2D eigenvalue weighted by Crippen LogP contribution is -2.60. The lowest BCUT2D eigenvalue weighted by atomic mass is 9.99. The second kappa shape index (κ2) is 9.66. The van der Waals surface area contributed by atoms with Crippen molar-refractivity contribution in [3.63, 3.8) is 0 Å². The third-order valence-corrected chi connectivity index (χ3v) is 5.71. The van der Waals surface area contributed by atoms with Crippen molar-refractivity contribution in [3.8, 4) is 11.5 Å². The Bertz CT molecular complexity index is 803. The predicted octanol–water partition coefficient (Wildman–Crippen LogP) is 0.751. The van der Waals surface area contributed by atoms with Crippen LogP contribution in [0.5, 0.6) is 11.5 Å². The first kappa shape index (κ1) is 21.7. The van der Waals surface area contributed by atoms with Gasteiger partial charge in [0.15, 0.2) is 5.78 Å². The number of methoxy groups -OCH3 is 1. The maximum absolute atomic E-state index is 12.7. The zero-order chi connectivity index (χ0) is 21.0. The summed E-state index contributed by atoms with van der Waals surface area (Å²) in [5.41, 5.74) is 0.993. The van der Waals surface area contributed by atoms with Crippen molar-refractivity contribution in [1.29, 1.82) is 0 Å². The summed E-state index contributed by atoms with van der Waals surface area (Å²) in [6.45, 7) is -0.553. The summed E-state index contributed by atoms with van der Waals surface area (Å²) in [7, 11) is 1.59. The van der Waals surface area contributed by atoms with Gasteiger partial charge >= 0.3 is 0 Å². The SMILES string of the molecule is COc1ccc(CCC(=O)c2sccc2OC2OC(CO)C(O)C(O)C2O)cc1. The van der Waals surface area contributed by atoms with Crippen molar-refractivity contribution in [1.82, 2.24) is 0 Å². The number of carbonyl (C=O) groups excluding carboxylic acids is 1. The molecule has 0 aliphatic carbocycles. The Balaban J connectivity index is 1.64. The lowest BCUT2D eigenvalue weighted by molar-refractivity contribution is -0.277. The molecule has 0 radical (unpaired) electrons. The Morgan fingerprint density at radius 3 is 2.48 bits per heavy atom. The number of carbonyl (C=O) groups is 1. The van der Waals surface area contributed by atoms with Crippen molar-refractivity contribution >= 4 is 17.1 Å². The van der Waals surface area contributed by atoms with Gasteiger partial charge in [-0.15, -0.1) is 11.3 Å². The third kappa shape index (κ3) is 4.95. The Kier molecular flexibility index (Phi) is 7.23. The van der Waals surface area contributed by atoms with Gasteiger partial charge in [0.2, 0.25) is 6.29 Å². The van der Waals surface area contributed by atoms with Crippen LogP contribution in [-0.4, -0.2) is 70.6 Å². The molecule has 2 aromatic rings. The van der Waals surface area contributed by atoms with E-state index >= 15 is 0 Å². The van der Waals surface area contributed by atoms with E-state index in [-0.39, 0.29) is 18.0 Å². The van der Waals surface area contributed by atoms with E-state index in [9.17, 15) is 25.2 Å². The van der Waals surface area contributed by atoms with Crippen LogP contribution in [0.25, 0.3) is 0 Å². The minimum atomic E-state index is -1.54. The Hall–Kier alpha value is -2.01. The van der Waals surface area contributed by atoms with Crippen molar-refractivity contribution in [2.45, 2.75) is 43.5 Å². The highest BCUT2D eigenvalue weighted by Gasteiger charge is 2.45. The first-order valence-corrected chi connectivity index (χ1v) is 10.0. The summed E-state index contributed by atoms with van der Waals surface area (Å²) < 4.78 is 16.1. The van der Waals surface area contributed by atoms with E-state index in [0.717, 1.165) is 11.3 Å². The number of benzene rings is 1. The molecule has 8 nitrogen and oxygen atoms in total. The van der Waals surface area contributed by atoms with E-state index < -0.39 is 37.3 Å². The summed E-state index contributed by atoms with van der Waals surface area (Å²) in [6, 6.07) is 9.03. The number of hydrogen-bond donors (Lipinski definition) is 4. The number of ether oxygens (including phenoxy) is 3. The number of aliphatic hydroxyl groups is 4. The van der Waals surface area contributed by atoms with Crippen LogP contribution in [0.4, 0.5) is 0 Å². The molecule has 29 heavy (non-hydrogen) atoms. The van der Waals surface area contributed by atoms with Crippen molar-refractivity contribution < 1.29 is 39.4 Å². The van der Waals surface area contributed by atoms with E-state index in [1.807, 2.05) is 24.3 Å². The van der Waals surface area contributed by atoms with Gasteiger partial charge < -0.3 is 34.6 Å². The van der Waals surface area contributed by atoms with E-state index in [2.05, 4.69) is 0 Å². The topological polar surface area (TPSA) is 126 Å². The highest BCUT2D eigenvalue weighted by molar-refractivity contribution is 7.12. The Morgan fingerprint density at radius 1 is 1.10 bits per heavy atom. The summed E-state index contributed by atoms with van der Waals surface area (Å²) in [5.74, 6) is 0.836. The van der Waals surface area contributed by atoms with Gasteiger partial charge in [-0.05, 0) is 35.6 Å². The van der Waals surface area contributed by atoms with Gasteiger partial charge in [-0.2, -0.15) is 0 Å². The fourth-order valence-corrected chi connectivity index (χ4v) is 3.84. The largest absolute Gasteiger partial charge is 0.497 e. The van der Waals surface area contributed by atoms with Gasteiger partial charge in [-0.1, -0.05) is 12.1 Å². The molecule has 3 rings (SSSR count). The van der Waals surface area contributed by atoms with Crippen LogP contribution >= 0.6 is 11.3 Å². The Morgan fingerprint density at radius 2 is 1.83 bits per heavy atom. The van der Waals surface area contributed by atoms with Gasteiger partial charge in [0.1, 0.15) is 40.8 Å². The Labute approximate surface area is 171 Å². The van der Waals surface area contributed by atoms with E-state index in [1.165, 1.54) is 11.3 Å². The van der Waals surface area contributed by atoms with E-state index in [4.69, 9.17) is 14.2 Å². The molecule has 2 heterocycles. The number of thiophene rings is 1. The zero-order valence-electron chi connectivity index (χ0n) is 15.8. The fourth-order valence-electron chi connectivity index (χ4n) is 3.05. The molecule has 5 atom stereocenters. The number of aryl methyl sites for hydroxylation is 1. The minimum Gasteiger partial charge on any atom is -0.497 e. The molecular formula is C20H24O8S. The summed E-state index contributed by atoms with van der Waals surface area (Å²) in [4.78, 5) is 13.0. The van der Waals surface area contributed by atoms with Crippen LogP contribution in [0.1, 0.15) is 21.7 Å². The van der Waals surface area contributed by atoms with Gasteiger partial charge in [-0.3, -0.25) is 4.79 Å². The highest BCUT2D eigenvalue weighted by atomic mass is 32.1. The summed E-state index contributed by atoms with van der Waals surface area (Å²) >= 11 is 1.20. The molecule has 0 saturated carbocycles. The first-order chi connectivity index (χ1) is 13.9. The molecule has 1 aliphatic rings. The average Bonchev–Trinajstić information content (AvgIpc) is 3.21. The molecule has 5 unspecified atom stereocenters. The lowest BCUT2D eigenvalue weighted by Gasteiger charge is -2.39. The van der Waals surface area contributed by atoms with Gasteiger partial charge in [-0.25, -0.2) is 0 Å². The molecule has 4 N–H and O–H groups in total. The zero-order valence-corrected chi connectivity index (χ0v) is 16.6. The highest BCUT2D eigenvalue weighted by Crippen LogP contribution is 2.31. The maximum atomic E-state index is 12.7. The van der Waals surface area contributed by atoms with Gasteiger partial charge in [0.05, 0.1) is 13.7 Å². The van der Waals surface area contributed by atoms with Crippen molar-refractivity contribution in [3.05, 3.63) is 46.2 Å². The molecule has 158 valence electrons. The number of Topliss-reactive ketones (excluding diaryl/α,β-unsaturated/α-hetero) is 1. The first-order valence-electron chi connectivity index (χ1n) is 9.15. The predicted molar refractivity (Wildman–Crippen MR) is 104 cm³/mol. The minimum absolute atomic E-state index is 0.129. The van der Waals surface area contributed by atoms with Crippen LogP contribution in [0.2, 0.25) is 0 Å². The molecule has 1 aromatic heterocycles. The molecule has 1 aromatic carbocycles. The number of rotatable bonds is 8. The maximum Gasteiger partial charge on any atom is 0.229 e.